The molecular formula is C45H21N5S2. The molecule has 0 saturated carbocycles. The fraction of sp³-hybridized carbons (Fsp3) is 0. The Morgan fingerprint density at radius 2 is 1.08 bits per heavy atom. The second-order valence-electron chi connectivity index (χ2n) is 13.0. The molecule has 0 spiro atoms. The molecule has 7 aromatic carbocycles. The molecule has 0 bridgehead atoms. The summed E-state index contributed by atoms with van der Waals surface area (Å²) in [6.07, 6.45) is 0. The molecular weight excluding hydrogens is 675 g/mol. The minimum atomic E-state index is 0.622. The Kier molecular flexibility index (Phi) is 5.84. The molecule has 4 heterocycles. The van der Waals surface area contributed by atoms with Crippen LogP contribution < -0.4 is 0 Å². The van der Waals surface area contributed by atoms with Gasteiger partial charge in [0.25, 0.3) is 0 Å². The van der Waals surface area contributed by atoms with Crippen molar-refractivity contribution in [3.8, 4) is 29.6 Å². The highest BCUT2D eigenvalue weighted by Gasteiger charge is 2.22. The number of benzene rings is 7. The van der Waals surface area contributed by atoms with E-state index in [1.165, 1.54) is 20.7 Å². The molecule has 0 atom stereocenters. The Labute approximate surface area is 303 Å². The summed E-state index contributed by atoms with van der Waals surface area (Å²) in [5.41, 5.74) is 8.00. The standard InChI is InChI=1S/C45H21N5S2/c46-22-25-12-15-40-32(18-25)29-7-1-3-10-38(29)49(40)27-13-16-41-33(19-27)34-20-28(14-17-42(34)51-41)50-39-11-4-2-8-30(39)35-21-36-31-9-5-6-26(23-47)44(31)52-45(36)37(24-48)43(35)50/h1-21H. The summed E-state index contributed by atoms with van der Waals surface area (Å²) in [7, 11) is 0. The maximum atomic E-state index is 10.8. The largest absolute Gasteiger partial charge is 0.309 e. The van der Waals surface area contributed by atoms with Crippen LogP contribution in [0, 0.1) is 34.0 Å². The van der Waals surface area contributed by atoms with Gasteiger partial charge < -0.3 is 9.13 Å². The van der Waals surface area contributed by atoms with Crippen LogP contribution in [0.5, 0.6) is 0 Å². The first kappa shape index (κ1) is 28.8. The third kappa shape index (κ3) is 3.77. The first-order valence-electron chi connectivity index (χ1n) is 16.8. The van der Waals surface area contributed by atoms with Gasteiger partial charge >= 0.3 is 0 Å². The van der Waals surface area contributed by atoms with E-state index < -0.39 is 0 Å². The summed E-state index contributed by atoms with van der Waals surface area (Å²) in [5, 5.41) is 38.9. The molecule has 0 radical (unpaired) electrons. The number of nitrogens with zero attached hydrogens (tertiary/aromatic N) is 5. The van der Waals surface area contributed by atoms with Gasteiger partial charge in [0, 0.05) is 63.9 Å². The molecule has 0 fully saturated rings. The average Bonchev–Trinajstić information content (AvgIpc) is 3.94. The maximum Gasteiger partial charge on any atom is 0.103 e. The summed E-state index contributed by atoms with van der Waals surface area (Å²) >= 11 is 3.30. The van der Waals surface area contributed by atoms with Crippen molar-refractivity contribution in [2.24, 2.45) is 0 Å². The second kappa shape index (κ2) is 10.5. The van der Waals surface area contributed by atoms with Gasteiger partial charge in [0.1, 0.15) is 12.1 Å². The van der Waals surface area contributed by atoms with Crippen LogP contribution in [0.15, 0.2) is 127 Å². The van der Waals surface area contributed by atoms with Gasteiger partial charge in [-0.15, -0.1) is 22.7 Å². The molecule has 11 rings (SSSR count). The van der Waals surface area contributed by atoms with Gasteiger partial charge in [-0.05, 0) is 78.9 Å². The molecule has 11 aromatic rings. The minimum absolute atomic E-state index is 0.622. The van der Waals surface area contributed by atoms with Gasteiger partial charge in [-0.3, -0.25) is 0 Å². The Balaban J connectivity index is 1.19. The quantitative estimate of drug-likeness (QED) is 0.180. The SMILES string of the molecule is N#Cc1ccc2c(c1)c1ccccc1n2-c1ccc2sc3ccc(-n4c5ccccc5c5cc6c(sc7c(C#N)cccc76)c(C#N)c54)cc3c2c1. The average molecular weight is 696 g/mol. The van der Waals surface area contributed by atoms with E-state index in [0.717, 1.165) is 85.9 Å². The van der Waals surface area contributed by atoms with Gasteiger partial charge in [0.2, 0.25) is 0 Å². The predicted molar refractivity (Wildman–Crippen MR) is 215 cm³/mol. The Hall–Kier alpha value is -6.95. The first-order valence-corrected chi connectivity index (χ1v) is 18.4. The molecule has 0 unspecified atom stereocenters. The van der Waals surface area contributed by atoms with E-state index in [2.05, 4.69) is 112 Å². The van der Waals surface area contributed by atoms with Crippen molar-refractivity contribution in [2.45, 2.75) is 0 Å². The molecule has 4 aromatic heterocycles. The number of thiophene rings is 2. The van der Waals surface area contributed by atoms with Crippen LogP contribution in [0.3, 0.4) is 0 Å². The highest BCUT2D eigenvalue weighted by atomic mass is 32.1. The van der Waals surface area contributed by atoms with Crippen LogP contribution in [-0.2, 0) is 0 Å². The van der Waals surface area contributed by atoms with E-state index in [0.29, 0.717) is 16.7 Å². The van der Waals surface area contributed by atoms with Crippen LogP contribution >= 0.6 is 22.7 Å². The normalized spacial score (nSPS) is 11.8. The van der Waals surface area contributed by atoms with Crippen molar-refractivity contribution in [3.63, 3.8) is 0 Å². The van der Waals surface area contributed by atoms with Crippen molar-refractivity contribution in [1.29, 1.82) is 15.8 Å². The number of rotatable bonds is 2. The number of aromatic nitrogens is 2. The van der Waals surface area contributed by atoms with Crippen molar-refractivity contribution >= 4 is 107 Å². The Morgan fingerprint density at radius 1 is 0.423 bits per heavy atom. The number of fused-ring (bicyclic) bond motifs is 12. The zero-order valence-corrected chi connectivity index (χ0v) is 28.8. The third-order valence-electron chi connectivity index (χ3n) is 10.4. The van der Waals surface area contributed by atoms with Crippen molar-refractivity contribution < 1.29 is 0 Å². The highest BCUT2D eigenvalue weighted by Crippen LogP contribution is 2.45. The van der Waals surface area contributed by atoms with Crippen molar-refractivity contribution in [2.75, 3.05) is 0 Å². The van der Waals surface area contributed by atoms with Crippen LogP contribution in [0.25, 0.3) is 95.3 Å². The predicted octanol–water partition coefficient (Wildman–Crippen LogP) is 12.2. The molecule has 52 heavy (non-hydrogen) atoms. The lowest BCUT2D eigenvalue weighted by molar-refractivity contribution is 1.18. The van der Waals surface area contributed by atoms with E-state index in [1.54, 1.807) is 11.3 Å². The lowest BCUT2D eigenvalue weighted by Gasteiger charge is -2.10. The lowest BCUT2D eigenvalue weighted by Crippen LogP contribution is -1.96. The van der Waals surface area contributed by atoms with Crippen LogP contribution in [-0.4, -0.2) is 9.13 Å². The topological polar surface area (TPSA) is 81.2 Å². The van der Waals surface area contributed by atoms with Gasteiger partial charge in [0.05, 0.1) is 54.2 Å². The van der Waals surface area contributed by atoms with E-state index in [9.17, 15) is 15.8 Å². The monoisotopic (exact) mass is 695 g/mol. The molecule has 7 heteroatoms. The second-order valence-corrected chi connectivity index (χ2v) is 15.1. The molecule has 238 valence electrons. The van der Waals surface area contributed by atoms with Crippen molar-refractivity contribution in [1.82, 2.24) is 9.13 Å². The number of hydrogen-bond acceptors (Lipinski definition) is 5. The smallest absolute Gasteiger partial charge is 0.103 e. The molecule has 0 amide bonds. The molecule has 0 aliphatic carbocycles. The number of para-hydroxylation sites is 2. The van der Waals surface area contributed by atoms with Gasteiger partial charge in [-0.25, -0.2) is 0 Å². The summed E-state index contributed by atoms with van der Waals surface area (Å²) < 4.78 is 8.73. The van der Waals surface area contributed by atoms with E-state index >= 15 is 0 Å². The molecule has 0 aliphatic rings. The summed E-state index contributed by atoms with van der Waals surface area (Å²) in [5.74, 6) is 0. The summed E-state index contributed by atoms with van der Waals surface area (Å²) in [4.78, 5) is 0. The van der Waals surface area contributed by atoms with E-state index in [4.69, 9.17) is 0 Å². The van der Waals surface area contributed by atoms with Gasteiger partial charge in [-0.1, -0.05) is 48.5 Å². The number of nitriles is 3. The zero-order chi connectivity index (χ0) is 34.7. The highest BCUT2D eigenvalue weighted by molar-refractivity contribution is 7.26. The Morgan fingerprint density at radius 3 is 1.79 bits per heavy atom. The van der Waals surface area contributed by atoms with E-state index in [-0.39, 0.29) is 0 Å². The lowest BCUT2D eigenvalue weighted by atomic mass is 10.0. The fourth-order valence-electron chi connectivity index (χ4n) is 8.19. The van der Waals surface area contributed by atoms with E-state index in [1.807, 2.05) is 42.5 Å². The fourth-order valence-corrected chi connectivity index (χ4v) is 10.5. The maximum absolute atomic E-state index is 10.8. The van der Waals surface area contributed by atoms with Crippen LogP contribution in [0.2, 0.25) is 0 Å². The Bertz CT molecular complexity index is 3520. The van der Waals surface area contributed by atoms with Gasteiger partial charge in [0.15, 0.2) is 0 Å². The molecule has 5 nitrogen and oxygen atoms in total. The summed E-state index contributed by atoms with van der Waals surface area (Å²) in [6, 6.07) is 51.2. The van der Waals surface area contributed by atoms with Gasteiger partial charge in [-0.2, -0.15) is 15.8 Å². The molecule has 0 N–H and O–H groups in total. The zero-order valence-electron chi connectivity index (χ0n) is 27.2. The molecule has 0 aliphatic heterocycles. The van der Waals surface area contributed by atoms with Crippen LogP contribution in [0.1, 0.15) is 16.7 Å². The number of hydrogen-bond donors (Lipinski definition) is 0. The molecule has 0 saturated heterocycles. The summed E-state index contributed by atoms with van der Waals surface area (Å²) in [6.45, 7) is 0. The van der Waals surface area contributed by atoms with Crippen molar-refractivity contribution in [3.05, 3.63) is 144 Å². The minimum Gasteiger partial charge on any atom is -0.309 e. The first-order chi connectivity index (χ1) is 25.6. The van der Waals surface area contributed by atoms with Crippen LogP contribution in [0.4, 0.5) is 0 Å². The third-order valence-corrected chi connectivity index (χ3v) is 12.8.